The van der Waals surface area contributed by atoms with Crippen LogP contribution in [0.15, 0.2) is 24.3 Å². The monoisotopic (exact) mass is 289 g/mol. The van der Waals surface area contributed by atoms with Crippen molar-refractivity contribution >= 4 is 19.2 Å². The molecule has 1 aliphatic heterocycles. The zero-order chi connectivity index (χ0) is 15.7. The van der Waals surface area contributed by atoms with Gasteiger partial charge in [0.2, 0.25) is 0 Å². The molecule has 2 rings (SSSR count). The fraction of sp³-hybridized carbons (Fsp3) is 0.467. The third-order valence-electron chi connectivity index (χ3n) is 3.90. The third-order valence-corrected chi connectivity index (χ3v) is 3.90. The Morgan fingerprint density at radius 1 is 1.24 bits per heavy atom. The van der Waals surface area contributed by atoms with Crippen molar-refractivity contribution in [3.05, 3.63) is 35.6 Å². The first-order valence-electron chi connectivity index (χ1n) is 6.83. The van der Waals surface area contributed by atoms with Crippen LogP contribution < -0.4 is 0 Å². The average Bonchev–Trinajstić information content (AvgIpc) is 2.64. The van der Waals surface area contributed by atoms with E-state index in [0.717, 1.165) is 5.56 Å². The number of esters is 1. The summed E-state index contributed by atoms with van der Waals surface area (Å²) in [5, 5.41) is 0. The molecule has 0 amide bonds. The molecule has 0 bridgehead atoms. The van der Waals surface area contributed by atoms with Gasteiger partial charge in [-0.25, -0.2) is 9.78 Å². The summed E-state index contributed by atoms with van der Waals surface area (Å²) in [5.41, 5.74) is 0.437. The lowest BCUT2D eigenvalue weighted by Crippen LogP contribution is -2.41. The lowest BCUT2D eigenvalue weighted by atomic mass is 9.89. The highest BCUT2D eigenvalue weighted by Crippen LogP contribution is 2.36. The molecule has 112 valence electrons. The van der Waals surface area contributed by atoms with Gasteiger partial charge >= 0.3 is 13.1 Å². The van der Waals surface area contributed by atoms with Gasteiger partial charge in [0.05, 0.1) is 18.3 Å². The maximum Gasteiger partial charge on any atom is 0.487 e. The van der Waals surface area contributed by atoms with Gasteiger partial charge in [-0.15, -0.1) is 0 Å². The molecule has 1 fully saturated rings. The number of ether oxygens (including phenoxy) is 1. The van der Waals surface area contributed by atoms with Gasteiger partial charge in [-0.05, 0) is 39.3 Å². The van der Waals surface area contributed by atoms with Crippen LogP contribution in [0, 0.1) is 0 Å². The minimum absolute atomic E-state index is 0.283. The van der Waals surface area contributed by atoms with Crippen molar-refractivity contribution in [3.8, 4) is 0 Å². The predicted octanol–water partition coefficient (Wildman–Crippen LogP) is 2.51. The molecule has 6 heteroatoms. The fourth-order valence-corrected chi connectivity index (χ4v) is 1.89. The van der Waals surface area contributed by atoms with E-state index in [0.29, 0.717) is 0 Å². The van der Waals surface area contributed by atoms with Crippen LogP contribution in [0.1, 0.15) is 43.7 Å². The molecular formula is C15H20BNO4. The molecule has 21 heavy (non-hydrogen) atoms. The lowest BCUT2D eigenvalue weighted by molar-refractivity contribution is 0.00578. The number of carbonyl (C=O) groups excluding carboxylic acids is 1. The zero-order valence-electron chi connectivity index (χ0n) is 13.0. The molecule has 0 N–H and O–H groups in total. The molecule has 1 aromatic rings. The summed E-state index contributed by atoms with van der Waals surface area (Å²) in [5.74, 6) is 1.39. The summed E-state index contributed by atoms with van der Waals surface area (Å²) in [6.07, 6.45) is 3.46. The largest absolute Gasteiger partial charge is 0.487 e. The van der Waals surface area contributed by atoms with Crippen LogP contribution in [0.3, 0.4) is 0 Å². The van der Waals surface area contributed by atoms with Crippen molar-refractivity contribution in [2.24, 2.45) is 0 Å². The number of aromatic nitrogens is 1. The number of nitrogens with zero attached hydrogens (tertiary/aromatic N) is 1. The van der Waals surface area contributed by atoms with Gasteiger partial charge in [0.25, 0.3) is 0 Å². The van der Waals surface area contributed by atoms with Crippen LogP contribution in [-0.2, 0) is 14.0 Å². The number of methoxy groups -OCH3 is 1. The molecule has 0 aliphatic carbocycles. The Labute approximate surface area is 125 Å². The molecule has 0 atom stereocenters. The molecule has 5 nitrogen and oxygen atoms in total. The Morgan fingerprint density at radius 2 is 1.86 bits per heavy atom. The van der Waals surface area contributed by atoms with E-state index < -0.39 is 13.1 Å². The van der Waals surface area contributed by atoms with Crippen molar-refractivity contribution < 1.29 is 18.8 Å². The van der Waals surface area contributed by atoms with Crippen molar-refractivity contribution in [1.29, 1.82) is 0 Å². The predicted molar refractivity (Wildman–Crippen MR) is 80.7 cm³/mol. The fourth-order valence-electron chi connectivity index (χ4n) is 1.89. The van der Waals surface area contributed by atoms with Crippen LogP contribution >= 0.6 is 0 Å². The van der Waals surface area contributed by atoms with Gasteiger partial charge in [-0.3, -0.25) is 0 Å². The van der Waals surface area contributed by atoms with Gasteiger partial charge < -0.3 is 14.0 Å². The number of pyridine rings is 1. The summed E-state index contributed by atoms with van der Waals surface area (Å²) >= 11 is 0. The molecule has 0 aromatic carbocycles. The summed E-state index contributed by atoms with van der Waals surface area (Å²) < 4.78 is 16.3. The highest BCUT2D eigenvalue weighted by Gasteiger charge is 2.49. The topological polar surface area (TPSA) is 57.7 Å². The molecule has 1 aliphatic rings. The van der Waals surface area contributed by atoms with E-state index in [1.807, 2.05) is 39.7 Å². The molecular weight excluding hydrogens is 269 g/mol. The molecule has 1 aromatic heterocycles. The van der Waals surface area contributed by atoms with Gasteiger partial charge in [-0.1, -0.05) is 18.1 Å². The Kier molecular flexibility index (Phi) is 4.21. The third kappa shape index (κ3) is 3.33. The maximum absolute atomic E-state index is 11.3. The van der Waals surface area contributed by atoms with E-state index in [-0.39, 0.29) is 16.9 Å². The quantitative estimate of drug-likeness (QED) is 0.632. The van der Waals surface area contributed by atoms with E-state index in [1.54, 1.807) is 18.3 Å². The average molecular weight is 289 g/mol. The van der Waals surface area contributed by atoms with Gasteiger partial charge in [-0.2, -0.15) is 0 Å². The Bertz CT molecular complexity index is 535. The second-order valence-corrected chi connectivity index (χ2v) is 5.95. The smallest absolute Gasteiger partial charge is 0.464 e. The molecule has 0 unspecified atom stereocenters. The second-order valence-electron chi connectivity index (χ2n) is 5.95. The zero-order valence-corrected chi connectivity index (χ0v) is 13.0. The highest BCUT2D eigenvalue weighted by molar-refractivity contribution is 6.52. The first-order chi connectivity index (χ1) is 9.75. The van der Waals surface area contributed by atoms with Crippen LogP contribution in [0.2, 0.25) is 0 Å². The summed E-state index contributed by atoms with van der Waals surface area (Å²) in [7, 11) is 0.936. The van der Waals surface area contributed by atoms with Crippen molar-refractivity contribution in [2.75, 3.05) is 7.11 Å². The van der Waals surface area contributed by atoms with Crippen LogP contribution in [0.25, 0.3) is 6.08 Å². The number of rotatable bonds is 3. The summed E-state index contributed by atoms with van der Waals surface area (Å²) in [6.45, 7) is 8.03. The Hall–Kier alpha value is -1.66. The van der Waals surface area contributed by atoms with Crippen molar-refractivity contribution in [1.82, 2.24) is 4.98 Å². The van der Waals surface area contributed by atoms with E-state index in [9.17, 15) is 4.79 Å². The standard InChI is InChI=1S/C15H20BNO4/c1-14(2)15(3,4)21-16(20-14)9-8-11-6-7-12(17-10-11)13(18)19-5/h6-10H,1-5H3/b9-8+. The number of hydrogen-bond acceptors (Lipinski definition) is 5. The Balaban J connectivity index is 2.04. The number of carbonyl (C=O) groups is 1. The van der Waals surface area contributed by atoms with E-state index in [1.165, 1.54) is 7.11 Å². The van der Waals surface area contributed by atoms with Gasteiger partial charge in [0, 0.05) is 6.20 Å². The van der Waals surface area contributed by atoms with E-state index >= 15 is 0 Å². The van der Waals surface area contributed by atoms with Crippen LogP contribution in [0.5, 0.6) is 0 Å². The number of hydrogen-bond donors (Lipinski definition) is 0. The Morgan fingerprint density at radius 3 is 2.33 bits per heavy atom. The normalized spacial score (nSPS) is 20.0. The van der Waals surface area contributed by atoms with Crippen LogP contribution in [-0.4, -0.2) is 36.4 Å². The second kappa shape index (κ2) is 5.62. The molecule has 2 heterocycles. The first-order valence-corrected chi connectivity index (χ1v) is 6.83. The summed E-state index contributed by atoms with van der Waals surface area (Å²) in [4.78, 5) is 15.3. The van der Waals surface area contributed by atoms with Crippen LogP contribution in [0.4, 0.5) is 0 Å². The van der Waals surface area contributed by atoms with Gasteiger partial charge in [0.1, 0.15) is 5.69 Å². The minimum Gasteiger partial charge on any atom is -0.464 e. The summed E-state index contributed by atoms with van der Waals surface area (Å²) in [6, 6.07) is 3.41. The molecule has 0 radical (unpaired) electrons. The molecule has 0 saturated carbocycles. The van der Waals surface area contributed by atoms with E-state index in [4.69, 9.17) is 9.31 Å². The lowest BCUT2D eigenvalue weighted by Gasteiger charge is -2.32. The van der Waals surface area contributed by atoms with Crippen molar-refractivity contribution in [2.45, 2.75) is 38.9 Å². The molecule has 0 spiro atoms. The van der Waals surface area contributed by atoms with E-state index in [2.05, 4.69) is 9.72 Å². The first kappa shape index (κ1) is 15.7. The maximum atomic E-state index is 11.3. The molecule has 1 saturated heterocycles. The van der Waals surface area contributed by atoms with Gasteiger partial charge in [0.15, 0.2) is 0 Å². The highest BCUT2D eigenvalue weighted by atomic mass is 16.7. The van der Waals surface area contributed by atoms with Crippen molar-refractivity contribution in [3.63, 3.8) is 0 Å². The SMILES string of the molecule is COC(=O)c1ccc(/C=C/B2OC(C)(C)C(C)(C)O2)cn1. The minimum atomic E-state index is -0.448.